The first-order valence-corrected chi connectivity index (χ1v) is 41.3. The molecule has 0 unspecified atom stereocenters. The molecule has 9 aliphatic rings. The van der Waals surface area contributed by atoms with E-state index in [9.17, 15) is 0 Å². The van der Waals surface area contributed by atoms with Crippen LogP contribution in [0.15, 0.2) is 153 Å². The monoisotopic (exact) mass is 1480 g/mol. The summed E-state index contributed by atoms with van der Waals surface area (Å²) >= 11 is 0. The van der Waals surface area contributed by atoms with Crippen molar-refractivity contribution in [1.82, 2.24) is 19.9 Å². The molecule has 4 aromatic carbocycles. The van der Waals surface area contributed by atoms with Crippen LogP contribution in [-0.4, -0.2) is 83.8 Å². The highest BCUT2D eigenvalue weighted by atomic mass is 16.7. The Balaban J connectivity index is 0.000000157. The molecule has 8 aromatic rings. The quantitative estimate of drug-likeness (QED) is 0.101. The normalized spacial score (nSPS) is 23.8. The Morgan fingerprint density at radius 3 is 0.864 bits per heavy atom. The fourth-order valence-electron chi connectivity index (χ4n) is 18.0. The van der Waals surface area contributed by atoms with Crippen LogP contribution < -0.4 is 21.4 Å². The van der Waals surface area contributed by atoms with E-state index in [0.29, 0.717) is 12.8 Å². The number of aryl methyl sites for hydroxylation is 4. The molecule has 0 spiro atoms. The van der Waals surface area contributed by atoms with Crippen LogP contribution in [0.3, 0.4) is 0 Å². The highest BCUT2D eigenvalue weighted by molar-refractivity contribution is 6.17. The number of benzene rings is 4. The number of hydrogen-bond acceptors (Lipinski definition) is 8. The van der Waals surface area contributed by atoms with Crippen LogP contribution >= 0.6 is 0 Å². The molecule has 17 rings (SSSR count). The molecule has 4 aromatic heterocycles. The van der Waals surface area contributed by atoms with Gasteiger partial charge in [-0.3, -0.25) is 20.0 Å². The fourth-order valence-corrected chi connectivity index (χ4v) is 18.0. The van der Waals surface area contributed by atoms with E-state index in [-0.39, 0.29) is 21.7 Å². The van der Waals surface area contributed by atoms with Crippen molar-refractivity contribution < 1.29 is 18.9 Å². The standard InChI is InChI=1S/2C40H44N4O2.3C6H12/c2*1-24-9-13-26(14-10-24)30-18-28-17-29-22-38(3,4)34(42-29)20-33-31(27-15-11-25(2)12-16-27)19-36(43-33)40(37(45-7)46-8)23-39(5,6)35(44-40)21-32(30)41-28;3*1-2-4-6-5-3-1/h2*9-21,37,41,43H,22-23H2,1-8H3;3*1-6H2/b2*28-17-,32-21-,34-20-;;;/t2*40-;;;/m10.../s1. The minimum atomic E-state index is -0.805. The zero-order valence-corrected chi connectivity index (χ0v) is 69.1. The molecule has 580 valence electrons. The predicted octanol–water partition coefficient (Wildman–Crippen LogP) is 22.0. The lowest BCUT2D eigenvalue weighted by molar-refractivity contribution is -0.152. The zero-order valence-electron chi connectivity index (χ0n) is 69.1. The predicted molar refractivity (Wildman–Crippen MR) is 462 cm³/mol. The number of fused-ring (bicyclic) bond motifs is 14. The van der Waals surface area contributed by atoms with Crippen LogP contribution in [0, 0.1) is 49.4 Å². The lowest BCUT2D eigenvalue weighted by Crippen LogP contribution is -2.41. The fraction of sp³-hybridized carbons (Fsp3) is 0.469. The summed E-state index contributed by atoms with van der Waals surface area (Å²) in [5, 5.41) is 4.12. The topological polar surface area (TPSA) is 150 Å². The molecule has 0 radical (unpaired) electrons. The van der Waals surface area contributed by atoms with E-state index in [0.717, 1.165) is 136 Å². The summed E-state index contributed by atoms with van der Waals surface area (Å²) in [5.41, 5.74) is 21.8. The first-order chi connectivity index (χ1) is 52.8. The molecule has 0 amide bonds. The van der Waals surface area contributed by atoms with Crippen LogP contribution in [-0.2, 0) is 30.0 Å². The van der Waals surface area contributed by atoms with Crippen LogP contribution in [0.25, 0.3) is 81.0 Å². The smallest absolute Gasteiger partial charge is 0.187 e. The van der Waals surface area contributed by atoms with Gasteiger partial charge >= 0.3 is 0 Å². The number of aliphatic imine (C=N–C) groups is 4. The number of nitrogens with one attached hydrogen (secondary N) is 4. The lowest BCUT2D eigenvalue weighted by atomic mass is 9.77. The summed E-state index contributed by atoms with van der Waals surface area (Å²) in [6.07, 6.45) is 42.2. The molecule has 16 bridgehead atoms. The van der Waals surface area contributed by atoms with Gasteiger partial charge < -0.3 is 38.9 Å². The van der Waals surface area contributed by atoms with Crippen LogP contribution in [0.2, 0.25) is 0 Å². The zero-order chi connectivity index (χ0) is 77.6. The molecule has 2 atom stereocenters. The number of rotatable bonds is 10. The summed E-state index contributed by atoms with van der Waals surface area (Å²) < 4.78 is 24.3. The minimum Gasteiger partial charge on any atom is -0.356 e. The number of nitrogens with zero attached hydrogens (tertiary/aromatic N) is 4. The lowest BCUT2D eigenvalue weighted by Gasteiger charge is -2.34. The number of H-pyrrole nitrogens is 4. The first-order valence-electron chi connectivity index (χ1n) is 41.3. The Labute approximate surface area is 656 Å². The maximum Gasteiger partial charge on any atom is 0.187 e. The number of ether oxygens (including phenoxy) is 4. The van der Waals surface area contributed by atoms with Gasteiger partial charge in [0.2, 0.25) is 0 Å². The van der Waals surface area contributed by atoms with E-state index in [1.54, 1.807) is 28.4 Å². The molecule has 3 fully saturated rings. The third-order valence-corrected chi connectivity index (χ3v) is 24.3. The Kier molecular flexibility index (Phi) is 24.5. The van der Waals surface area contributed by atoms with Crippen LogP contribution in [0.4, 0.5) is 0 Å². The summed E-state index contributed by atoms with van der Waals surface area (Å²) in [7, 11) is 6.81. The third-order valence-electron chi connectivity index (χ3n) is 24.3. The molecule has 4 N–H and O–H groups in total. The largest absolute Gasteiger partial charge is 0.356 e. The van der Waals surface area contributed by atoms with Gasteiger partial charge in [0.15, 0.2) is 23.7 Å². The molecular weight excluding hydrogens is 1350 g/mol. The van der Waals surface area contributed by atoms with Crippen molar-refractivity contribution in [3.8, 4) is 44.5 Å². The van der Waals surface area contributed by atoms with Gasteiger partial charge in [-0.05, 0) is 124 Å². The minimum absolute atomic E-state index is 0.139. The van der Waals surface area contributed by atoms with Gasteiger partial charge in [-0.1, -0.05) is 290 Å². The van der Waals surface area contributed by atoms with Gasteiger partial charge in [0.05, 0.1) is 0 Å². The number of methoxy groups -OCH3 is 4. The van der Waals surface area contributed by atoms with Gasteiger partial charge in [-0.15, -0.1) is 0 Å². The molecule has 6 aliphatic heterocycles. The molecule has 12 heteroatoms. The van der Waals surface area contributed by atoms with E-state index in [1.165, 1.54) is 138 Å². The Hall–Kier alpha value is -8.52. The second kappa shape index (κ2) is 33.8. The molecule has 110 heavy (non-hydrogen) atoms. The van der Waals surface area contributed by atoms with Crippen LogP contribution in [0.1, 0.15) is 242 Å². The Bertz CT molecular complexity index is 4640. The van der Waals surface area contributed by atoms with Gasteiger partial charge in [-0.2, -0.15) is 0 Å². The Morgan fingerprint density at radius 1 is 0.318 bits per heavy atom. The maximum absolute atomic E-state index is 6.07. The molecule has 10 heterocycles. The number of aromatic nitrogens is 4. The van der Waals surface area contributed by atoms with E-state index in [1.807, 2.05) is 0 Å². The first kappa shape index (κ1) is 79.6. The van der Waals surface area contributed by atoms with E-state index in [4.69, 9.17) is 38.9 Å². The summed E-state index contributed by atoms with van der Waals surface area (Å²) in [6.45, 7) is 26.6. The molecule has 3 saturated carbocycles. The molecule has 3 aliphatic carbocycles. The van der Waals surface area contributed by atoms with Crippen molar-refractivity contribution in [3.05, 3.63) is 199 Å². The second-order valence-electron chi connectivity index (χ2n) is 35.5. The van der Waals surface area contributed by atoms with Gasteiger partial charge in [-0.25, -0.2) is 0 Å². The van der Waals surface area contributed by atoms with Crippen molar-refractivity contribution in [2.24, 2.45) is 41.6 Å². The summed E-state index contributed by atoms with van der Waals surface area (Å²) in [6, 6.07) is 43.9. The molecular formula is C98H124N8O4. The van der Waals surface area contributed by atoms with Crippen molar-refractivity contribution in [3.63, 3.8) is 0 Å². The average Bonchev–Trinajstić information content (AvgIpc) is 1.57. The van der Waals surface area contributed by atoms with Crippen LogP contribution in [0.5, 0.6) is 0 Å². The number of aromatic amines is 4. The molecule has 0 saturated heterocycles. The SMILES string of the molecule is C1CCCCC1.C1CCCCC1.C1CCCCC1.COC(OC)[C@@]12CC(C)(C)C(=N1)/C=c1\[nH]/c(cc1-c1ccc(C)cc1)=C\C1=NC(=C\c3[nH]c2cc3-c2ccc(C)cc2)/C(C)(C)C1.COC(OC)[C@]12CC(C)(C)C(=N1)/C=c1\[nH]/c(cc1-c1ccc(C)cc1)=C\C1=NC(=C\c3[nH]c2cc3-c2ccc(C)cc2)/C(C)(C)C1. The van der Waals surface area contributed by atoms with Gasteiger partial charge in [0, 0.05) is 164 Å². The maximum atomic E-state index is 6.07. The highest BCUT2D eigenvalue weighted by Crippen LogP contribution is 2.53. The second-order valence-corrected chi connectivity index (χ2v) is 35.5. The van der Waals surface area contributed by atoms with Gasteiger partial charge in [0.1, 0.15) is 0 Å². The van der Waals surface area contributed by atoms with Crippen molar-refractivity contribution >= 4 is 59.3 Å². The van der Waals surface area contributed by atoms with Crippen molar-refractivity contribution in [2.45, 2.75) is 248 Å². The van der Waals surface area contributed by atoms with E-state index >= 15 is 0 Å². The average molecular weight is 1480 g/mol. The van der Waals surface area contributed by atoms with Crippen molar-refractivity contribution in [1.29, 1.82) is 0 Å². The summed E-state index contributed by atoms with van der Waals surface area (Å²) in [4.78, 5) is 36.8. The van der Waals surface area contributed by atoms with Gasteiger partial charge in [0.25, 0.3) is 0 Å². The summed E-state index contributed by atoms with van der Waals surface area (Å²) in [5.74, 6) is 0. The van der Waals surface area contributed by atoms with Crippen molar-refractivity contribution in [2.75, 3.05) is 28.4 Å². The number of hydrogen-bond donors (Lipinski definition) is 4. The highest BCUT2D eigenvalue weighted by Gasteiger charge is 2.55. The Morgan fingerprint density at radius 2 is 0.591 bits per heavy atom. The van der Waals surface area contributed by atoms with E-state index < -0.39 is 23.7 Å². The number of allylic oxidation sites excluding steroid dienone is 2. The third kappa shape index (κ3) is 17.7. The van der Waals surface area contributed by atoms with E-state index in [2.05, 4.69) is 261 Å². The molecule has 12 nitrogen and oxygen atoms in total.